The van der Waals surface area contributed by atoms with E-state index in [1.54, 1.807) is 4.57 Å². The fourth-order valence-corrected chi connectivity index (χ4v) is 2.92. The van der Waals surface area contributed by atoms with Crippen LogP contribution < -0.4 is 5.32 Å². The topological polar surface area (TPSA) is 105 Å². The largest absolute Gasteiger partial charge is 0.386 e. The van der Waals surface area contributed by atoms with E-state index in [0.29, 0.717) is 23.0 Å². The molecule has 1 saturated carbocycles. The van der Waals surface area contributed by atoms with E-state index in [1.807, 2.05) is 0 Å². The first-order valence-corrected chi connectivity index (χ1v) is 7.61. The summed E-state index contributed by atoms with van der Waals surface area (Å²) in [6, 6.07) is 0.416. The Morgan fingerprint density at radius 1 is 1.26 bits per heavy atom. The van der Waals surface area contributed by atoms with Gasteiger partial charge in [-0.05, 0) is 19.3 Å². The van der Waals surface area contributed by atoms with Crippen molar-refractivity contribution in [3.63, 3.8) is 0 Å². The number of imidazole rings is 1. The van der Waals surface area contributed by atoms with Crippen LogP contribution in [0, 0.1) is 12.3 Å². The summed E-state index contributed by atoms with van der Waals surface area (Å²) in [5, 5.41) is 23.4. The Bertz CT molecular complexity index is 766. The van der Waals surface area contributed by atoms with Crippen molar-refractivity contribution in [3.05, 3.63) is 12.7 Å². The number of aliphatic hydroxyl groups is 2. The minimum Gasteiger partial charge on any atom is -0.386 e. The fraction of sp³-hybridized carbons (Fsp3) is 0.533. The lowest BCUT2D eigenvalue weighted by molar-refractivity contribution is -0.0230. The number of ether oxygens (including phenoxy) is 1. The van der Waals surface area contributed by atoms with Crippen molar-refractivity contribution in [1.82, 2.24) is 19.5 Å². The maximum absolute atomic E-state index is 10.2. The Morgan fingerprint density at radius 2 is 2.09 bits per heavy atom. The average molecular weight is 315 g/mol. The molecular formula is C15H17N5O3. The van der Waals surface area contributed by atoms with Gasteiger partial charge in [-0.25, -0.2) is 15.0 Å². The van der Waals surface area contributed by atoms with Crippen molar-refractivity contribution in [1.29, 1.82) is 0 Å². The summed E-state index contributed by atoms with van der Waals surface area (Å²) in [7, 11) is 0. The number of nitrogens with one attached hydrogen (secondary N) is 1. The van der Waals surface area contributed by atoms with Gasteiger partial charge < -0.3 is 20.3 Å². The molecule has 2 fully saturated rings. The molecule has 0 radical (unpaired) electrons. The van der Waals surface area contributed by atoms with E-state index in [2.05, 4.69) is 26.2 Å². The lowest BCUT2D eigenvalue weighted by atomic mass is 9.93. The van der Waals surface area contributed by atoms with Crippen molar-refractivity contribution in [2.75, 3.05) is 5.32 Å². The van der Waals surface area contributed by atoms with Gasteiger partial charge in [-0.2, -0.15) is 0 Å². The summed E-state index contributed by atoms with van der Waals surface area (Å²) in [6.07, 6.45) is 7.74. The van der Waals surface area contributed by atoms with Crippen LogP contribution in [0.1, 0.15) is 25.5 Å². The van der Waals surface area contributed by atoms with Gasteiger partial charge in [0.2, 0.25) is 0 Å². The average Bonchev–Trinajstić information content (AvgIpc) is 3.06. The predicted octanol–water partition coefficient (Wildman–Crippen LogP) is 0.0431. The molecule has 4 atom stereocenters. The van der Waals surface area contributed by atoms with Gasteiger partial charge in [0.1, 0.15) is 24.6 Å². The number of aliphatic hydroxyl groups excluding tert-OH is 2. The Labute approximate surface area is 132 Å². The number of hydrogen-bond donors (Lipinski definition) is 3. The van der Waals surface area contributed by atoms with Gasteiger partial charge in [-0.15, -0.1) is 6.42 Å². The van der Waals surface area contributed by atoms with Crippen LogP contribution in [0.2, 0.25) is 0 Å². The van der Waals surface area contributed by atoms with Crippen LogP contribution in [0.5, 0.6) is 0 Å². The SMILES string of the molecule is C#CC1OC(n2cnc3c(NC4CCC4)ncnc32)C(O)C1O. The molecule has 4 unspecified atom stereocenters. The van der Waals surface area contributed by atoms with E-state index in [-0.39, 0.29) is 0 Å². The smallest absolute Gasteiger partial charge is 0.167 e. The van der Waals surface area contributed by atoms with Crippen LogP contribution in [0.15, 0.2) is 12.7 Å². The lowest BCUT2D eigenvalue weighted by Gasteiger charge is -2.26. The van der Waals surface area contributed by atoms with Crippen LogP contribution in [0.25, 0.3) is 11.2 Å². The zero-order valence-electron chi connectivity index (χ0n) is 12.3. The summed E-state index contributed by atoms with van der Waals surface area (Å²) in [5.41, 5.74) is 1.13. The highest BCUT2D eigenvalue weighted by atomic mass is 16.6. The number of anilines is 1. The molecule has 1 aliphatic carbocycles. The standard InChI is InChI=1S/C15H17N5O3/c1-2-9-11(21)12(22)15(23-9)20-7-18-10-13(16-6-17-14(10)20)19-8-4-3-5-8/h1,6-9,11-12,15,21-22H,3-5H2,(H,16,17,19). The van der Waals surface area contributed by atoms with Crippen molar-refractivity contribution in [3.8, 4) is 12.3 Å². The summed E-state index contributed by atoms with van der Waals surface area (Å²) in [5.74, 6) is 2.99. The second-order valence-electron chi connectivity index (χ2n) is 5.91. The van der Waals surface area contributed by atoms with Crippen LogP contribution in [-0.4, -0.2) is 54.1 Å². The molecule has 2 aromatic rings. The molecule has 0 bridgehead atoms. The first-order valence-electron chi connectivity index (χ1n) is 7.61. The third-order valence-corrected chi connectivity index (χ3v) is 4.48. The molecule has 0 spiro atoms. The van der Waals surface area contributed by atoms with E-state index in [0.717, 1.165) is 12.8 Å². The highest BCUT2D eigenvalue weighted by Gasteiger charge is 2.43. The molecule has 0 aromatic carbocycles. The van der Waals surface area contributed by atoms with Gasteiger partial charge in [0.25, 0.3) is 0 Å². The molecule has 3 heterocycles. The first-order chi connectivity index (χ1) is 11.2. The zero-order chi connectivity index (χ0) is 16.0. The van der Waals surface area contributed by atoms with Gasteiger partial charge >= 0.3 is 0 Å². The minimum absolute atomic E-state index is 0.416. The van der Waals surface area contributed by atoms with Gasteiger partial charge in [0.15, 0.2) is 23.2 Å². The zero-order valence-corrected chi connectivity index (χ0v) is 12.3. The quantitative estimate of drug-likeness (QED) is 0.687. The van der Waals surface area contributed by atoms with Crippen molar-refractivity contribution in [2.45, 2.75) is 49.8 Å². The molecule has 23 heavy (non-hydrogen) atoms. The van der Waals surface area contributed by atoms with Crippen LogP contribution in [-0.2, 0) is 4.74 Å². The molecule has 8 nitrogen and oxygen atoms in total. The number of nitrogens with zero attached hydrogens (tertiary/aromatic N) is 4. The summed E-state index contributed by atoms with van der Waals surface area (Å²) in [4.78, 5) is 12.8. The van der Waals surface area contributed by atoms with E-state index in [4.69, 9.17) is 11.2 Å². The molecule has 120 valence electrons. The maximum Gasteiger partial charge on any atom is 0.167 e. The highest BCUT2D eigenvalue weighted by molar-refractivity contribution is 5.82. The minimum atomic E-state index is -1.15. The summed E-state index contributed by atoms with van der Waals surface area (Å²) < 4.78 is 7.12. The van der Waals surface area contributed by atoms with Gasteiger partial charge in [0.05, 0.1) is 6.33 Å². The molecule has 0 amide bonds. The summed E-state index contributed by atoms with van der Waals surface area (Å²) >= 11 is 0. The van der Waals surface area contributed by atoms with E-state index >= 15 is 0 Å². The van der Waals surface area contributed by atoms with Crippen LogP contribution >= 0.6 is 0 Å². The third-order valence-electron chi connectivity index (χ3n) is 4.48. The Kier molecular flexibility index (Phi) is 3.41. The van der Waals surface area contributed by atoms with Gasteiger partial charge in [0, 0.05) is 6.04 Å². The lowest BCUT2D eigenvalue weighted by Crippen LogP contribution is -2.30. The maximum atomic E-state index is 10.2. The second-order valence-corrected chi connectivity index (χ2v) is 5.91. The molecular weight excluding hydrogens is 298 g/mol. The molecule has 2 aromatic heterocycles. The predicted molar refractivity (Wildman–Crippen MR) is 81.3 cm³/mol. The molecule has 1 saturated heterocycles. The number of aromatic nitrogens is 4. The number of terminal acetylenes is 1. The molecule has 8 heteroatoms. The highest BCUT2D eigenvalue weighted by Crippen LogP contribution is 2.32. The first kappa shape index (κ1) is 14.4. The number of hydrogen-bond acceptors (Lipinski definition) is 7. The Balaban J connectivity index is 1.69. The molecule has 3 N–H and O–H groups in total. The second kappa shape index (κ2) is 5.45. The van der Waals surface area contributed by atoms with E-state index in [9.17, 15) is 10.2 Å². The molecule has 2 aliphatic rings. The molecule has 4 rings (SSSR count). The van der Waals surface area contributed by atoms with Crippen molar-refractivity contribution >= 4 is 17.0 Å². The van der Waals surface area contributed by atoms with Crippen molar-refractivity contribution in [2.24, 2.45) is 0 Å². The normalized spacial score (nSPS) is 31.0. The Hall–Kier alpha value is -2.21. The van der Waals surface area contributed by atoms with E-state index in [1.165, 1.54) is 19.1 Å². The number of fused-ring (bicyclic) bond motifs is 1. The molecule has 1 aliphatic heterocycles. The van der Waals surface area contributed by atoms with Gasteiger partial charge in [-0.1, -0.05) is 5.92 Å². The van der Waals surface area contributed by atoms with Crippen LogP contribution in [0.3, 0.4) is 0 Å². The third kappa shape index (κ3) is 2.25. The monoisotopic (exact) mass is 315 g/mol. The number of rotatable bonds is 3. The van der Waals surface area contributed by atoms with E-state index < -0.39 is 24.5 Å². The van der Waals surface area contributed by atoms with Crippen LogP contribution in [0.4, 0.5) is 5.82 Å². The Morgan fingerprint density at radius 3 is 2.74 bits per heavy atom. The fourth-order valence-electron chi connectivity index (χ4n) is 2.92. The van der Waals surface area contributed by atoms with Crippen molar-refractivity contribution < 1.29 is 14.9 Å². The summed E-state index contributed by atoms with van der Waals surface area (Å²) in [6.45, 7) is 0. The van der Waals surface area contributed by atoms with Gasteiger partial charge in [-0.3, -0.25) is 4.57 Å².